The molecule has 1 fully saturated rings. The Bertz CT molecular complexity index is 1360. The molecule has 0 unspecified atom stereocenters. The standard InChI is InChI=1S/C28H33N5O4/c1-32(2)11-10-29-27(36)18-8-9-19-15-33(16-20(19)12-18)28(37)22-13-21-23(14-24(22)34)30-31-25(21)26(35)17-6-4-3-5-7-17/h8-9,12-14,17,34H,3-7,10-11,15-16H2,1-2H3,(H,29,36)(H,30,31). The summed E-state index contributed by atoms with van der Waals surface area (Å²) in [6.07, 6.45) is 4.95. The Kier molecular flexibility index (Phi) is 6.97. The van der Waals surface area contributed by atoms with E-state index in [0.29, 0.717) is 41.8 Å². The van der Waals surface area contributed by atoms with Gasteiger partial charge in [-0.3, -0.25) is 19.5 Å². The van der Waals surface area contributed by atoms with E-state index in [-0.39, 0.29) is 34.8 Å². The van der Waals surface area contributed by atoms with Gasteiger partial charge in [-0.15, -0.1) is 0 Å². The van der Waals surface area contributed by atoms with E-state index in [1.165, 1.54) is 6.07 Å². The number of ketones is 1. The number of amides is 2. The van der Waals surface area contributed by atoms with Crippen molar-refractivity contribution in [3.8, 4) is 5.75 Å². The predicted octanol–water partition coefficient (Wildman–Crippen LogP) is 3.48. The molecule has 5 rings (SSSR count). The molecule has 1 aliphatic heterocycles. The molecule has 194 valence electrons. The molecule has 2 amide bonds. The number of phenols is 1. The molecule has 9 heteroatoms. The van der Waals surface area contributed by atoms with Crippen molar-refractivity contribution in [2.45, 2.75) is 45.2 Å². The quantitative estimate of drug-likeness (QED) is 0.425. The molecule has 1 saturated carbocycles. The van der Waals surface area contributed by atoms with Crippen LogP contribution >= 0.6 is 0 Å². The monoisotopic (exact) mass is 503 g/mol. The zero-order valence-electron chi connectivity index (χ0n) is 21.3. The smallest absolute Gasteiger partial charge is 0.258 e. The van der Waals surface area contributed by atoms with Crippen LogP contribution in [0.5, 0.6) is 5.75 Å². The van der Waals surface area contributed by atoms with Crippen LogP contribution in [0, 0.1) is 5.92 Å². The molecule has 2 aromatic carbocycles. The maximum absolute atomic E-state index is 13.5. The number of H-pyrrole nitrogens is 1. The number of benzene rings is 2. The molecule has 3 aromatic rings. The minimum atomic E-state index is -0.329. The number of carbonyl (C=O) groups is 3. The predicted molar refractivity (Wildman–Crippen MR) is 140 cm³/mol. The Morgan fingerprint density at radius 3 is 2.59 bits per heavy atom. The van der Waals surface area contributed by atoms with E-state index in [1.54, 1.807) is 17.0 Å². The molecule has 2 heterocycles. The van der Waals surface area contributed by atoms with E-state index in [4.69, 9.17) is 0 Å². The van der Waals surface area contributed by atoms with E-state index in [0.717, 1.165) is 49.8 Å². The molecular weight excluding hydrogens is 470 g/mol. The molecule has 0 radical (unpaired) electrons. The number of phenolic OH excluding ortho intramolecular Hbond substituents is 1. The number of hydrogen-bond donors (Lipinski definition) is 3. The number of aromatic amines is 1. The summed E-state index contributed by atoms with van der Waals surface area (Å²) >= 11 is 0. The fourth-order valence-electron chi connectivity index (χ4n) is 5.32. The Morgan fingerprint density at radius 2 is 1.84 bits per heavy atom. The second-order valence-electron chi connectivity index (χ2n) is 10.4. The first-order valence-electron chi connectivity index (χ1n) is 12.9. The summed E-state index contributed by atoms with van der Waals surface area (Å²) < 4.78 is 0. The maximum atomic E-state index is 13.5. The Hall–Kier alpha value is -3.72. The van der Waals surface area contributed by atoms with Gasteiger partial charge in [0.15, 0.2) is 5.78 Å². The van der Waals surface area contributed by atoms with Gasteiger partial charge in [0.1, 0.15) is 11.4 Å². The van der Waals surface area contributed by atoms with Crippen molar-refractivity contribution in [3.05, 3.63) is 58.3 Å². The van der Waals surface area contributed by atoms with Crippen LogP contribution in [-0.4, -0.2) is 69.9 Å². The van der Waals surface area contributed by atoms with Crippen LogP contribution in [0.2, 0.25) is 0 Å². The SMILES string of the molecule is CN(C)CCNC(=O)c1ccc2c(c1)CN(C(=O)c1cc3c(C(=O)C4CCCCC4)n[nH]c3cc1O)C2. The van der Waals surface area contributed by atoms with Crippen LogP contribution in [0.15, 0.2) is 30.3 Å². The van der Waals surface area contributed by atoms with Crippen LogP contribution in [0.1, 0.15) is 74.4 Å². The summed E-state index contributed by atoms with van der Waals surface area (Å²) in [4.78, 5) is 42.8. The van der Waals surface area contributed by atoms with Crippen molar-refractivity contribution in [2.24, 2.45) is 5.92 Å². The normalized spacial score (nSPS) is 15.8. The van der Waals surface area contributed by atoms with E-state index in [2.05, 4.69) is 15.5 Å². The lowest BCUT2D eigenvalue weighted by Gasteiger charge is -2.19. The first-order chi connectivity index (χ1) is 17.8. The second kappa shape index (κ2) is 10.3. The number of carbonyl (C=O) groups excluding carboxylic acids is 3. The van der Waals surface area contributed by atoms with Gasteiger partial charge in [0, 0.05) is 49.1 Å². The minimum absolute atomic E-state index is 0.00000381. The van der Waals surface area contributed by atoms with Crippen molar-refractivity contribution < 1.29 is 19.5 Å². The zero-order chi connectivity index (χ0) is 26.1. The first kappa shape index (κ1) is 25.0. The molecule has 0 spiro atoms. The van der Waals surface area contributed by atoms with Crippen molar-refractivity contribution in [2.75, 3.05) is 27.2 Å². The average Bonchev–Trinajstić information content (AvgIpc) is 3.51. The van der Waals surface area contributed by atoms with E-state index in [9.17, 15) is 19.5 Å². The third-order valence-electron chi connectivity index (χ3n) is 7.44. The summed E-state index contributed by atoms with van der Waals surface area (Å²) in [6, 6.07) is 8.53. The fourth-order valence-corrected chi connectivity index (χ4v) is 5.32. The van der Waals surface area contributed by atoms with Crippen LogP contribution in [-0.2, 0) is 13.1 Å². The number of likely N-dealkylation sites (N-methyl/N-ethyl adjacent to an activating group) is 1. The summed E-state index contributed by atoms with van der Waals surface area (Å²) in [5.74, 6) is -0.678. The van der Waals surface area contributed by atoms with Gasteiger partial charge in [-0.05, 0) is 56.3 Å². The average molecular weight is 504 g/mol. The van der Waals surface area contributed by atoms with Gasteiger partial charge in [0.05, 0.1) is 11.1 Å². The third-order valence-corrected chi connectivity index (χ3v) is 7.44. The molecule has 2 aliphatic rings. The van der Waals surface area contributed by atoms with Gasteiger partial charge in [0.2, 0.25) is 0 Å². The minimum Gasteiger partial charge on any atom is -0.507 e. The first-order valence-corrected chi connectivity index (χ1v) is 12.9. The number of fused-ring (bicyclic) bond motifs is 2. The number of rotatable bonds is 7. The third kappa shape index (κ3) is 5.09. The highest BCUT2D eigenvalue weighted by molar-refractivity contribution is 6.10. The lowest BCUT2D eigenvalue weighted by Crippen LogP contribution is -2.31. The van der Waals surface area contributed by atoms with Crippen LogP contribution in [0.4, 0.5) is 0 Å². The van der Waals surface area contributed by atoms with Gasteiger partial charge in [-0.1, -0.05) is 25.3 Å². The topological polar surface area (TPSA) is 119 Å². The number of nitrogens with one attached hydrogen (secondary N) is 2. The number of hydrogen-bond acceptors (Lipinski definition) is 6. The molecule has 0 atom stereocenters. The number of aromatic hydroxyl groups is 1. The molecule has 3 N–H and O–H groups in total. The van der Waals surface area contributed by atoms with E-state index >= 15 is 0 Å². The molecular formula is C28H33N5O4. The highest BCUT2D eigenvalue weighted by Crippen LogP contribution is 2.33. The number of Topliss-reactive ketones (excluding diaryl/α,β-unsaturated/α-hetero) is 1. The maximum Gasteiger partial charge on any atom is 0.258 e. The summed E-state index contributed by atoms with van der Waals surface area (Å²) in [5, 5.41) is 21.2. The molecule has 0 saturated heterocycles. The molecule has 37 heavy (non-hydrogen) atoms. The Morgan fingerprint density at radius 1 is 1.08 bits per heavy atom. The second-order valence-corrected chi connectivity index (χ2v) is 10.4. The van der Waals surface area contributed by atoms with E-state index in [1.807, 2.05) is 31.1 Å². The van der Waals surface area contributed by atoms with Gasteiger partial charge < -0.3 is 20.2 Å². The summed E-state index contributed by atoms with van der Waals surface area (Å²) in [6.45, 7) is 2.02. The Balaban J connectivity index is 1.34. The largest absolute Gasteiger partial charge is 0.507 e. The summed E-state index contributed by atoms with van der Waals surface area (Å²) in [7, 11) is 3.90. The van der Waals surface area contributed by atoms with E-state index < -0.39 is 0 Å². The van der Waals surface area contributed by atoms with Gasteiger partial charge in [0.25, 0.3) is 11.8 Å². The lowest BCUT2D eigenvalue weighted by molar-refractivity contribution is 0.0748. The summed E-state index contributed by atoms with van der Waals surface area (Å²) in [5.41, 5.74) is 3.44. The van der Waals surface area contributed by atoms with Crippen molar-refractivity contribution >= 4 is 28.5 Å². The fraction of sp³-hybridized carbons (Fsp3) is 0.429. The van der Waals surface area contributed by atoms with Crippen molar-refractivity contribution in [3.63, 3.8) is 0 Å². The lowest BCUT2D eigenvalue weighted by atomic mass is 9.84. The van der Waals surface area contributed by atoms with Crippen LogP contribution < -0.4 is 5.32 Å². The molecule has 9 nitrogen and oxygen atoms in total. The Labute approximate surface area is 215 Å². The van der Waals surface area contributed by atoms with Crippen LogP contribution in [0.25, 0.3) is 10.9 Å². The van der Waals surface area contributed by atoms with Gasteiger partial charge in [-0.25, -0.2) is 0 Å². The van der Waals surface area contributed by atoms with Gasteiger partial charge >= 0.3 is 0 Å². The molecule has 1 aliphatic carbocycles. The molecule has 1 aromatic heterocycles. The highest BCUT2D eigenvalue weighted by atomic mass is 16.3. The number of aromatic nitrogens is 2. The zero-order valence-corrected chi connectivity index (χ0v) is 21.3. The van der Waals surface area contributed by atoms with Crippen molar-refractivity contribution in [1.29, 1.82) is 0 Å². The molecule has 0 bridgehead atoms. The number of nitrogens with zero attached hydrogens (tertiary/aromatic N) is 3. The van der Waals surface area contributed by atoms with Crippen molar-refractivity contribution in [1.82, 2.24) is 25.3 Å². The van der Waals surface area contributed by atoms with Gasteiger partial charge in [-0.2, -0.15) is 5.10 Å². The highest BCUT2D eigenvalue weighted by Gasteiger charge is 2.30. The van der Waals surface area contributed by atoms with Crippen LogP contribution in [0.3, 0.4) is 0 Å².